The molecule has 0 spiro atoms. The van der Waals surface area contributed by atoms with Gasteiger partial charge in [0.1, 0.15) is 6.07 Å². The molecule has 6 heteroatoms. The summed E-state index contributed by atoms with van der Waals surface area (Å²) in [5.74, 6) is 0. The average Bonchev–Trinajstić information content (AvgIpc) is 2.39. The van der Waals surface area contributed by atoms with Crippen LogP contribution in [0.5, 0.6) is 0 Å². The van der Waals surface area contributed by atoms with E-state index in [4.69, 9.17) is 16.9 Å². The van der Waals surface area contributed by atoms with Gasteiger partial charge in [0.25, 0.3) is 0 Å². The molecule has 0 aromatic heterocycles. The van der Waals surface area contributed by atoms with Gasteiger partial charge in [-0.3, -0.25) is 0 Å². The molecule has 104 valence electrons. The maximum atomic E-state index is 12.4. The van der Waals surface area contributed by atoms with Crippen molar-refractivity contribution >= 4 is 21.6 Å². The Kier molecular flexibility index (Phi) is 5.80. The summed E-state index contributed by atoms with van der Waals surface area (Å²) in [6.07, 6.45) is 1.75. The standard InChI is InChI=1S/C13H17ClN2O2S/c1-3-5-8-16(4-2)19(17,18)12-7-6-11(10-15)13(14)9-12/h6-7,9H,3-5,8H2,1-2H3. The summed E-state index contributed by atoms with van der Waals surface area (Å²) in [7, 11) is -3.53. The number of unbranched alkanes of at least 4 members (excludes halogenated alkanes) is 1. The van der Waals surface area contributed by atoms with Crippen LogP contribution < -0.4 is 0 Å². The lowest BCUT2D eigenvalue weighted by molar-refractivity contribution is 0.419. The third-order valence-electron chi connectivity index (χ3n) is 2.81. The first kappa shape index (κ1) is 16.0. The van der Waals surface area contributed by atoms with Crippen LogP contribution in [-0.4, -0.2) is 25.8 Å². The van der Waals surface area contributed by atoms with Crippen LogP contribution >= 0.6 is 11.6 Å². The van der Waals surface area contributed by atoms with Gasteiger partial charge in [0.05, 0.1) is 15.5 Å². The Morgan fingerprint density at radius 1 is 1.37 bits per heavy atom. The molecular weight excluding hydrogens is 284 g/mol. The zero-order valence-electron chi connectivity index (χ0n) is 11.1. The highest BCUT2D eigenvalue weighted by Crippen LogP contribution is 2.23. The molecule has 0 unspecified atom stereocenters. The Hall–Kier alpha value is -1.09. The van der Waals surface area contributed by atoms with Gasteiger partial charge >= 0.3 is 0 Å². The minimum absolute atomic E-state index is 0.134. The molecule has 0 aliphatic rings. The van der Waals surface area contributed by atoms with Crippen molar-refractivity contribution in [2.75, 3.05) is 13.1 Å². The number of halogens is 1. The molecule has 0 N–H and O–H groups in total. The third kappa shape index (κ3) is 3.69. The summed E-state index contributed by atoms with van der Waals surface area (Å²) in [5.41, 5.74) is 0.275. The van der Waals surface area contributed by atoms with Crippen molar-refractivity contribution in [3.63, 3.8) is 0 Å². The molecule has 0 saturated carbocycles. The molecule has 0 amide bonds. The van der Waals surface area contributed by atoms with E-state index in [2.05, 4.69) is 0 Å². The maximum Gasteiger partial charge on any atom is 0.243 e. The summed E-state index contributed by atoms with van der Waals surface area (Å²) in [4.78, 5) is 0.134. The number of sulfonamides is 1. The van der Waals surface area contributed by atoms with Gasteiger partial charge in [-0.2, -0.15) is 9.57 Å². The number of nitriles is 1. The lowest BCUT2D eigenvalue weighted by Crippen LogP contribution is -2.31. The SMILES string of the molecule is CCCCN(CC)S(=O)(=O)c1ccc(C#N)c(Cl)c1. The normalized spacial score (nSPS) is 11.5. The third-order valence-corrected chi connectivity index (χ3v) is 5.10. The van der Waals surface area contributed by atoms with Gasteiger partial charge < -0.3 is 0 Å². The van der Waals surface area contributed by atoms with E-state index in [9.17, 15) is 8.42 Å². The van der Waals surface area contributed by atoms with Crippen molar-refractivity contribution in [1.82, 2.24) is 4.31 Å². The average molecular weight is 301 g/mol. The second kappa shape index (κ2) is 6.90. The van der Waals surface area contributed by atoms with Crippen molar-refractivity contribution in [3.05, 3.63) is 28.8 Å². The molecule has 0 fully saturated rings. The van der Waals surface area contributed by atoms with Gasteiger partial charge in [-0.1, -0.05) is 31.9 Å². The van der Waals surface area contributed by atoms with Gasteiger partial charge in [0.2, 0.25) is 10.0 Å². The van der Waals surface area contributed by atoms with Crippen LogP contribution in [0.2, 0.25) is 5.02 Å². The summed E-state index contributed by atoms with van der Waals surface area (Å²) >= 11 is 5.88. The number of hydrogen-bond donors (Lipinski definition) is 0. The predicted molar refractivity (Wildman–Crippen MR) is 75.5 cm³/mol. The number of nitrogens with zero attached hydrogens (tertiary/aromatic N) is 2. The minimum atomic E-state index is -3.53. The van der Waals surface area contributed by atoms with E-state index >= 15 is 0 Å². The molecule has 19 heavy (non-hydrogen) atoms. The Labute approximate surface area is 119 Å². The summed E-state index contributed by atoms with van der Waals surface area (Å²) in [6, 6.07) is 6.11. The van der Waals surface area contributed by atoms with Gasteiger partial charge in [-0.05, 0) is 24.6 Å². The molecule has 4 nitrogen and oxygen atoms in total. The molecule has 0 aliphatic carbocycles. The molecular formula is C13H17ClN2O2S. The van der Waals surface area contributed by atoms with E-state index in [1.54, 1.807) is 6.92 Å². The van der Waals surface area contributed by atoms with E-state index in [0.717, 1.165) is 12.8 Å². The van der Waals surface area contributed by atoms with Crippen LogP contribution in [0.1, 0.15) is 32.3 Å². The van der Waals surface area contributed by atoms with Crippen molar-refractivity contribution < 1.29 is 8.42 Å². The molecule has 1 rings (SSSR count). The zero-order valence-corrected chi connectivity index (χ0v) is 12.6. The quantitative estimate of drug-likeness (QED) is 0.811. The fourth-order valence-corrected chi connectivity index (χ4v) is 3.48. The van der Waals surface area contributed by atoms with Crippen LogP contribution in [0.4, 0.5) is 0 Å². The van der Waals surface area contributed by atoms with Crippen LogP contribution in [0.15, 0.2) is 23.1 Å². The largest absolute Gasteiger partial charge is 0.243 e. The molecule has 1 aromatic rings. The summed E-state index contributed by atoms with van der Waals surface area (Å²) in [6.45, 7) is 4.73. The van der Waals surface area contributed by atoms with Crippen molar-refractivity contribution in [1.29, 1.82) is 5.26 Å². The van der Waals surface area contributed by atoms with Crippen LogP contribution in [0, 0.1) is 11.3 Å². The van der Waals surface area contributed by atoms with Gasteiger partial charge in [0.15, 0.2) is 0 Å². The first-order valence-corrected chi connectivity index (χ1v) is 7.99. The topological polar surface area (TPSA) is 61.2 Å². The molecule has 0 bridgehead atoms. The second-order valence-electron chi connectivity index (χ2n) is 4.10. The van der Waals surface area contributed by atoms with Gasteiger partial charge in [-0.25, -0.2) is 8.42 Å². The predicted octanol–water partition coefficient (Wildman–Crippen LogP) is 3.02. The van der Waals surface area contributed by atoms with Crippen LogP contribution in [0.3, 0.4) is 0 Å². The van der Waals surface area contributed by atoms with E-state index in [-0.39, 0.29) is 15.5 Å². The molecule has 0 radical (unpaired) electrons. The van der Waals surface area contributed by atoms with E-state index < -0.39 is 10.0 Å². The van der Waals surface area contributed by atoms with Crippen molar-refractivity contribution in [3.8, 4) is 6.07 Å². The Bertz CT molecular complexity index is 579. The van der Waals surface area contributed by atoms with Crippen LogP contribution in [-0.2, 0) is 10.0 Å². The van der Waals surface area contributed by atoms with E-state index in [1.165, 1.54) is 22.5 Å². The molecule has 0 atom stereocenters. The highest BCUT2D eigenvalue weighted by atomic mass is 35.5. The first-order valence-electron chi connectivity index (χ1n) is 6.17. The zero-order chi connectivity index (χ0) is 14.5. The lowest BCUT2D eigenvalue weighted by Gasteiger charge is -2.20. The molecule has 0 heterocycles. The highest BCUT2D eigenvalue weighted by Gasteiger charge is 2.23. The number of benzene rings is 1. The lowest BCUT2D eigenvalue weighted by atomic mass is 10.2. The molecule has 0 saturated heterocycles. The Balaban J connectivity index is 3.12. The smallest absolute Gasteiger partial charge is 0.207 e. The summed E-state index contributed by atoms with van der Waals surface area (Å²) in [5, 5.41) is 8.95. The van der Waals surface area contributed by atoms with Crippen molar-refractivity contribution in [2.24, 2.45) is 0 Å². The Morgan fingerprint density at radius 3 is 2.53 bits per heavy atom. The highest BCUT2D eigenvalue weighted by molar-refractivity contribution is 7.89. The number of rotatable bonds is 6. The number of hydrogen-bond acceptors (Lipinski definition) is 3. The fraction of sp³-hybridized carbons (Fsp3) is 0.462. The first-order chi connectivity index (χ1) is 8.97. The van der Waals surface area contributed by atoms with Crippen LogP contribution in [0.25, 0.3) is 0 Å². The van der Waals surface area contributed by atoms with Gasteiger partial charge in [0, 0.05) is 13.1 Å². The second-order valence-corrected chi connectivity index (χ2v) is 6.45. The monoisotopic (exact) mass is 300 g/mol. The molecule has 0 aliphatic heterocycles. The molecule has 1 aromatic carbocycles. The van der Waals surface area contributed by atoms with E-state index in [1.807, 2.05) is 13.0 Å². The summed E-state index contributed by atoms with van der Waals surface area (Å²) < 4.78 is 26.2. The maximum absolute atomic E-state index is 12.4. The van der Waals surface area contributed by atoms with E-state index in [0.29, 0.717) is 13.1 Å². The van der Waals surface area contributed by atoms with Gasteiger partial charge in [-0.15, -0.1) is 0 Å². The minimum Gasteiger partial charge on any atom is -0.207 e. The fourth-order valence-electron chi connectivity index (χ4n) is 1.68. The van der Waals surface area contributed by atoms with Crippen molar-refractivity contribution in [2.45, 2.75) is 31.6 Å². The Morgan fingerprint density at radius 2 is 2.05 bits per heavy atom.